The van der Waals surface area contributed by atoms with Gasteiger partial charge in [-0.2, -0.15) is 5.10 Å². The minimum Gasteiger partial charge on any atom is -0.394 e. The van der Waals surface area contributed by atoms with Crippen LogP contribution in [-0.2, 0) is 6.54 Å². The van der Waals surface area contributed by atoms with E-state index in [4.69, 9.17) is 5.11 Å². The number of aryl methyl sites for hydroxylation is 1. The Morgan fingerprint density at radius 2 is 2.08 bits per heavy atom. The van der Waals surface area contributed by atoms with Gasteiger partial charge < -0.3 is 15.0 Å². The van der Waals surface area contributed by atoms with Crippen molar-refractivity contribution in [3.8, 4) is 0 Å². The maximum atomic E-state index is 12.6. The van der Waals surface area contributed by atoms with E-state index in [0.29, 0.717) is 29.0 Å². The molecule has 8 nitrogen and oxygen atoms in total. The van der Waals surface area contributed by atoms with Crippen LogP contribution in [0.1, 0.15) is 41.6 Å². The predicted molar refractivity (Wildman–Crippen MR) is 94.7 cm³/mol. The standard InChI is InChI=1S/C17H22N6O2/c1-10(2)22-9-19-14-7-13(8-18-16(14)22)17(25)20-15-11(3)21-23(5-6-24)12(15)4/h7-10,24H,5-6H2,1-4H3,(H,20,25). The molecule has 2 N–H and O–H groups in total. The van der Waals surface area contributed by atoms with Crippen LogP contribution in [0.25, 0.3) is 11.2 Å². The second kappa shape index (κ2) is 6.64. The summed E-state index contributed by atoms with van der Waals surface area (Å²) in [6.45, 7) is 8.18. The quantitative estimate of drug-likeness (QED) is 0.740. The molecule has 0 aliphatic rings. The second-order valence-corrected chi connectivity index (χ2v) is 6.26. The van der Waals surface area contributed by atoms with Gasteiger partial charge in [-0.05, 0) is 33.8 Å². The fraction of sp³-hybridized carbons (Fsp3) is 0.412. The van der Waals surface area contributed by atoms with Gasteiger partial charge in [-0.25, -0.2) is 9.97 Å². The number of rotatable bonds is 5. The van der Waals surface area contributed by atoms with Crippen LogP contribution < -0.4 is 5.32 Å². The van der Waals surface area contributed by atoms with E-state index >= 15 is 0 Å². The number of amides is 1. The van der Waals surface area contributed by atoms with Crippen molar-refractivity contribution in [1.82, 2.24) is 24.3 Å². The van der Waals surface area contributed by atoms with Gasteiger partial charge in [-0.1, -0.05) is 0 Å². The summed E-state index contributed by atoms with van der Waals surface area (Å²) in [4.78, 5) is 21.3. The fourth-order valence-corrected chi connectivity index (χ4v) is 2.80. The number of aromatic nitrogens is 5. The SMILES string of the molecule is Cc1nn(CCO)c(C)c1NC(=O)c1cnc2c(c1)ncn2C(C)C. The van der Waals surface area contributed by atoms with Crippen molar-refractivity contribution in [2.45, 2.75) is 40.3 Å². The lowest BCUT2D eigenvalue weighted by atomic mass is 10.2. The van der Waals surface area contributed by atoms with Crippen LogP contribution in [0.3, 0.4) is 0 Å². The normalized spacial score (nSPS) is 11.4. The van der Waals surface area contributed by atoms with Gasteiger partial charge in [0.15, 0.2) is 5.65 Å². The molecule has 0 atom stereocenters. The Kier molecular flexibility index (Phi) is 4.54. The first-order valence-electron chi connectivity index (χ1n) is 8.21. The molecule has 0 saturated carbocycles. The van der Waals surface area contributed by atoms with Crippen LogP contribution in [0.2, 0.25) is 0 Å². The van der Waals surface area contributed by atoms with Crippen molar-refractivity contribution in [3.63, 3.8) is 0 Å². The molecule has 0 unspecified atom stereocenters. The molecular weight excluding hydrogens is 320 g/mol. The van der Waals surface area contributed by atoms with Gasteiger partial charge in [0.2, 0.25) is 0 Å². The molecule has 0 radical (unpaired) electrons. The molecule has 3 rings (SSSR count). The fourth-order valence-electron chi connectivity index (χ4n) is 2.80. The summed E-state index contributed by atoms with van der Waals surface area (Å²) in [5.41, 5.74) is 4.05. The van der Waals surface area contributed by atoms with E-state index in [2.05, 4.69) is 34.2 Å². The molecule has 0 spiro atoms. The Morgan fingerprint density at radius 3 is 2.76 bits per heavy atom. The van der Waals surface area contributed by atoms with Crippen molar-refractivity contribution in [2.24, 2.45) is 0 Å². The molecule has 3 aromatic heterocycles. The van der Waals surface area contributed by atoms with E-state index in [9.17, 15) is 4.79 Å². The monoisotopic (exact) mass is 342 g/mol. The number of hydrogen-bond acceptors (Lipinski definition) is 5. The van der Waals surface area contributed by atoms with Crippen molar-refractivity contribution < 1.29 is 9.90 Å². The number of aliphatic hydroxyl groups excluding tert-OH is 1. The Hall–Kier alpha value is -2.74. The van der Waals surface area contributed by atoms with Gasteiger partial charge in [-0.15, -0.1) is 0 Å². The van der Waals surface area contributed by atoms with Crippen LogP contribution >= 0.6 is 0 Å². The highest BCUT2D eigenvalue weighted by atomic mass is 16.3. The lowest BCUT2D eigenvalue weighted by Gasteiger charge is -2.08. The first kappa shape index (κ1) is 17.1. The summed E-state index contributed by atoms with van der Waals surface area (Å²) in [6, 6.07) is 1.99. The highest BCUT2D eigenvalue weighted by Crippen LogP contribution is 2.21. The van der Waals surface area contributed by atoms with E-state index < -0.39 is 0 Å². The minimum absolute atomic E-state index is 0.00551. The van der Waals surface area contributed by atoms with Crippen LogP contribution in [-0.4, -0.2) is 41.9 Å². The van der Waals surface area contributed by atoms with Crippen molar-refractivity contribution in [3.05, 3.63) is 35.5 Å². The van der Waals surface area contributed by atoms with Crippen LogP contribution in [0.4, 0.5) is 5.69 Å². The maximum Gasteiger partial charge on any atom is 0.257 e. The van der Waals surface area contributed by atoms with Crippen LogP contribution in [0.5, 0.6) is 0 Å². The summed E-state index contributed by atoms with van der Waals surface area (Å²) in [6.07, 6.45) is 3.29. The summed E-state index contributed by atoms with van der Waals surface area (Å²) in [7, 11) is 0. The number of imidazole rings is 1. The molecule has 1 amide bonds. The number of aliphatic hydroxyl groups is 1. The third-order valence-corrected chi connectivity index (χ3v) is 4.16. The third-order valence-electron chi connectivity index (χ3n) is 4.16. The number of pyridine rings is 1. The number of carbonyl (C=O) groups is 1. The van der Waals surface area contributed by atoms with Gasteiger partial charge in [0, 0.05) is 12.2 Å². The zero-order valence-corrected chi connectivity index (χ0v) is 14.8. The van der Waals surface area contributed by atoms with E-state index in [1.54, 1.807) is 23.3 Å². The number of anilines is 1. The maximum absolute atomic E-state index is 12.6. The summed E-state index contributed by atoms with van der Waals surface area (Å²) < 4.78 is 3.64. The topological polar surface area (TPSA) is 97.9 Å². The lowest BCUT2D eigenvalue weighted by molar-refractivity contribution is 0.102. The first-order valence-corrected chi connectivity index (χ1v) is 8.21. The average Bonchev–Trinajstić information content (AvgIpc) is 3.11. The minimum atomic E-state index is -0.261. The Labute approximate surface area is 145 Å². The molecular formula is C17H22N6O2. The summed E-state index contributed by atoms with van der Waals surface area (Å²) >= 11 is 0. The van der Waals surface area contributed by atoms with E-state index in [0.717, 1.165) is 11.3 Å². The molecule has 0 aliphatic heterocycles. The number of nitrogens with zero attached hydrogens (tertiary/aromatic N) is 5. The van der Waals surface area contributed by atoms with Crippen molar-refractivity contribution >= 4 is 22.8 Å². The van der Waals surface area contributed by atoms with Crippen molar-refractivity contribution in [1.29, 1.82) is 0 Å². The molecule has 3 aromatic rings. The molecule has 132 valence electrons. The largest absolute Gasteiger partial charge is 0.394 e. The van der Waals surface area contributed by atoms with Gasteiger partial charge in [-0.3, -0.25) is 9.48 Å². The molecule has 3 heterocycles. The third kappa shape index (κ3) is 3.12. The van der Waals surface area contributed by atoms with Crippen LogP contribution in [0, 0.1) is 13.8 Å². The summed E-state index contributed by atoms with van der Waals surface area (Å²) in [5, 5.41) is 16.3. The van der Waals surface area contributed by atoms with Crippen molar-refractivity contribution in [2.75, 3.05) is 11.9 Å². The number of hydrogen-bond donors (Lipinski definition) is 2. The molecule has 0 fully saturated rings. The molecule has 0 aliphatic carbocycles. The molecule has 0 aromatic carbocycles. The average molecular weight is 342 g/mol. The molecule has 8 heteroatoms. The first-order chi connectivity index (χ1) is 11.9. The van der Waals surface area contributed by atoms with Gasteiger partial charge >= 0.3 is 0 Å². The summed E-state index contributed by atoms with van der Waals surface area (Å²) in [5.74, 6) is -0.261. The van der Waals surface area contributed by atoms with E-state index in [1.165, 1.54) is 0 Å². The smallest absolute Gasteiger partial charge is 0.257 e. The zero-order valence-electron chi connectivity index (χ0n) is 14.8. The van der Waals surface area contributed by atoms with E-state index in [1.807, 2.05) is 18.4 Å². The highest BCUT2D eigenvalue weighted by Gasteiger charge is 2.16. The molecule has 0 bridgehead atoms. The number of carbonyl (C=O) groups excluding carboxylic acids is 1. The van der Waals surface area contributed by atoms with Gasteiger partial charge in [0.05, 0.1) is 42.1 Å². The lowest BCUT2D eigenvalue weighted by Crippen LogP contribution is -2.14. The zero-order chi connectivity index (χ0) is 18.1. The van der Waals surface area contributed by atoms with E-state index in [-0.39, 0.29) is 18.6 Å². The predicted octanol–water partition coefficient (Wildman–Crippen LogP) is 2.07. The van der Waals surface area contributed by atoms with Crippen LogP contribution in [0.15, 0.2) is 18.6 Å². The second-order valence-electron chi connectivity index (χ2n) is 6.26. The van der Waals surface area contributed by atoms with Gasteiger partial charge in [0.25, 0.3) is 5.91 Å². The Balaban J connectivity index is 1.88. The van der Waals surface area contributed by atoms with Gasteiger partial charge in [0.1, 0.15) is 5.52 Å². The molecule has 25 heavy (non-hydrogen) atoms. The Morgan fingerprint density at radius 1 is 1.32 bits per heavy atom. The number of fused-ring (bicyclic) bond motifs is 1. The molecule has 0 saturated heterocycles. The highest BCUT2D eigenvalue weighted by molar-refractivity contribution is 6.05. The number of nitrogens with one attached hydrogen (secondary N) is 1. The Bertz CT molecular complexity index is 925.